The highest BCUT2D eigenvalue weighted by molar-refractivity contribution is 5.64. The molecule has 0 radical (unpaired) electrons. The SMILES string of the molecule is CCCCN(C)c1nc(NC(C)(C)C)cc(-c2ccccc2)n1. The molecule has 1 heterocycles. The third-order valence-electron chi connectivity index (χ3n) is 3.48. The molecule has 23 heavy (non-hydrogen) atoms. The molecule has 0 amide bonds. The van der Waals surface area contributed by atoms with Crippen LogP contribution in [0.4, 0.5) is 11.8 Å². The van der Waals surface area contributed by atoms with Crippen molar-refractivity contribution >= 4 is 11.8 Å². The first-order valence-corrected chi connectivity index (χ1v) is 8.33. The Morgan fingerprint density at radius 2 is 1.78 bits per heavy atom. The summed E-state index contributed by atoms with van der Waals surface area (Å²) in [6, 6.07) is 12.3. The first-order valence-electron chi connectivity index (χ1n) is 8.33. The molecule has 0 unspecified atom stereocenters. The fourth-order valence-corrected chi connectivity index (χ4v) is 2.31. The maximum atomic E-state index is 4.76. The minimum Gasteiger partial charge on any atom is -0.365 e. The summed E-state index contributed by atoms with van der Waals surface area (Å²) in [7, 11) is 2.06. The van der Waals surface area contributed by atoms with Gasteiger partial charge in [-0.25, -0.2) is 4.98 Å². The molecule has 1 aromatic carbocycles. The Morgan fingerprint density at radius 1 is 1.09 bits per heavy atom. The third-order valence-corrected chi connectivity index (χ3v) is 3.48. The Hall–Kier alpha value is -2.10. The quantitative estimate of drug-likeness (QED) is 0.847. The van der Waals surface area contributed by atoms with E-state index in [2.05, 4.69) is 57.1 Å². The molecule has 1 aromatic heterocycles. The topological polar surface area (TPSA) is 41.1 Å². The van der Waals surface area contributed by atoms with E-state index in [1.54, 1.807) is 0 Å². The number of hydrogen-bond donors (Lipinski definition) is 1. The third kappa shape index (κ3) is 5.23. The average molecular weight is 312 g/mol. The standard InChI is InChI=1S/C19H28N4/c1-6-7-13-23(5)18-20-16(15-11-9-8-10-12-15)14-17(21-18)22-19(2,3)4/h8-12,14H,6-7,13H2,1-5H3,(H,20,21,22). The van der Waals surface area contributed by atoms with Crippen LogP contribution in [0.2, 0.25) is 0 Å². The normalized spacial score (nSPS) is 11.3. The number of rotatable bonds is 6. The van der Waals surface area contributed by atoms with Gasteiger partial charge in [-0.1, -0.05) is 43.7 Å². The fourth-order valence-electron chi connectivity index (χ4n) is 2.31. The van der Waals surface area contributed by atoms with E-state index >= 15 is 0 Å². The Bertz CT molecular complexity index is 617. The molecule has 0 bridgehead atoms. The van der Waals surface area contributed by atoms with Gasteiger partial charge in [0.05, 0.1) is 5.69 Å². The van der Waals surface area contributed by atoms with Crippen molar-refractivity contribution in [3.8, 4) is 11.3 Å². The highest BCUT2D eigenvalue weighted by atomic mass is 15.2. The second-order valence-corrected chi connectivity index (χ2v) is 6.95. The van der Waals surface area contributed by atoms with Gasteiger partial charge in [0.2, 0.25) is 5.95 Å². The lowest BCUT2D eigenvalue weighted by atomic mass is 10.1. The summed E-state index contributed by atoms with van der Waals surface area (Å²) in [6.45, 7) is 9.57. The molecule has 4 heteroatoms. The van der Waals surface area contributed by atoms with Gasteiger partial charge in [0.1, 0.15) is 5.82 Å². The van der Waals surface area contributed by atoms with Crippen LogP contribution in [0.1, 0.15) is 40.5 Å². The van der Waals surface area contributed by atoms with Crippen molar-refractivity contribution in [2.24, 2.45) is 0 Å². The lowest BCUT2D eigenvalue weighted by molar-refractivity contribution is 0.629. The number of aromatic nitrogens is 2. The molecule has 124 valence electrons. The van der Waals surface area contributed by atoms with Crippen molar-refractivity contribution < 1.29 is 0 Å². The first-order chi connectivity index (χ1) is 10.9. The van der Waals surface area contributed by atoms with Gasteiger partial charge >= 0.3 is 0 Å². The van der Waals surface area contributed by atoms with Gasteiger partial charge in [-0.05, 0) is 27.2 Å². The van der Waals surface area contributed by atoms with E-state index in [0.29, 0.717) is 0 Å². The Kier molecular flexibility index (Phi) is 5.59. The average Bonchev–Trinajstić information content (AvgIpc) is 2.51. The molecule has 0 aliphatic rings. The molecular formula is C19H28N4. The number of hydrogen-bond acceptors (Lipinski definition) is 4. The summed E-state index contributed by atoms with van der Waals surface area (Å²) in [5.41, 5.74) is 2.02. The van der Waals surface area contributed by atoms with Crippen molar-refractivity contribution in [3.63, 3.8) is 0 Å². The number of benzene rings is 1. The smallest absolute Gasteiger partial charge is 0.227 e. The van der Waals surface area contributed by atoms with E-state index in [9.17, 15) is 0 Å². The van der Waals surface area contributed by atoms with Crippen LogP contribution in [0.15, 0.2) is 36.4 Å². The van der Waals surface area contributed by atoms with Gasteiger partial charge in [-0.3, -0.25) is 0 Å². The molecular weight excluding hydrogens is 284 g/mol. The molecule has 2 aromatic rings. The summed E-state index contributed by atoms with van der Waals surface area (Å²) in [5, 5.41) is 3.46. The minimum atomic E-state index is -0.0401. The second-order valence-electron chi connectivity index (χ2n) is 6.95. The highest BCUT2D eigenvalue weighted by Crippen LogP contribution is 2.24. The van der Waals surface area contributed by atoms with Crippen LogP contribution in [0.25, 0.3) is 11.3 Å². The predicted octanol–water partition coefficient (Wildman–Crippen LogP) is 4.59. The molecule has 0 fully saturated rings. The molecule has 2 rings (SSSR count). The van der Waals surface area contributed by atoms with Gasteiger partial charge in [0.25, 0.3) is 0 Å². The van der Waals surface area contributed by atoms with Gasteiger partial charge in [0, 0.05) is 30.8 Å². The van der Waals surface area contributed by atoms with E-state index in [0.717, 1.165) is 42.4 Å². The van der Waals surface area contributed by atoms with Crippen molar-refractivity contribution in [1.82, 2.24) is 9.97 Å². The van der Waals surface area contributed by atoms with Gasteiger partial charge in [-0.2, -0.15) is 4.98 Å². The van der Waals surface area contributed by atoms with E-state index < -0.39 is 0 Å². The van der Waals surface area contributed by atoms with Crippen LogP contribution in [0.3, 0.4) is 0 Å². The number of anilines is 2. The van der Waals surface area contributed by atoms with Crippen LogP contribution >= 0.6 is 0 Å². The van der Waals surface area contributed by atoms with E-state index in [-0.39, 0.29) is 5.54 Å². The number of nitrogens with one attached hydrogen (secondary N) is 1. The summed E-state index contributed by atoms with van der Waals surface area (Å²) in [6.07, 6.45) is 2.30. The molecule has 0 aliphatic carbocycles. The maximum Gasteiger partial charge on any atom is 0.227 e. The molecule has 0 saturated heterocycles. The molecule has 1 N–H and O–H groups in total. The summed E-state index contributed by atoms with van der Waals surface area (Å²) < 4.78 is 0. The zero-order valence-electron chi connectivity index (χ0n) is 14.9. The van der Waals surface area contributed by atoms with Gasteiger partial charge in [-0.15, -0.1) is 0 Å². The summed E-state index contributed by atoms with van der Waals surface area (Å²) in [5.74, 6) is 1.64. The Morgan fingerprint density at radius 3 is 2.39 bits per heavy atom. The zero-order valence-corrected chi connectivity index (χ0v) is 14.9. The summed E-state index contributed by atoms with van der Waals surface area (Å²) in [4.78, 5) is 11.6. The summed E-state index contributed by atoms with van der Waals surface area (Å²) >= 11 is 0. The van der Waals surface area contributed by atoms with Gasteiger partial charge in [0.15, 0.2) is 0 Å². The largest absolute Gasteiger partial charge is 0.365 e. The van der Waals surface area contributed by atoms with Crippen molar-refractivity contribution in [2.75, 3.05) is 23.8 Å². The zero-order chi connectivity index (χ0) is 16.9. The Balaban J connectivity index is 2.39. The van der Waals surface area contributed by atoms with Crippen LogP contribution in [0.5, 0.6) is 0 Å². The number of nitrogens with zero attached hydrogens (tertiary/aromatic N) is 3. The molecule has 0 atom stereocenters. The van der Waals surface area contributed by atoms with Crippen LogP contribution in [-0.4, -0.2) is 29.1 Å². The van der Waals surface area contributed by atoms with Crippen molar-refractivity contribution in [1.29, 1.82) is 0 Å². The van der Waals surface area contributed by atoms with E-state index in [1.807, 2.05) is 24.3 Å². The fraction of sp³-hybridized carbons (Fsp3) is 0.474. The maximum absolute atomic E-state index is 4.76. The second kappa shape index (κ2) is 7.44. The van der Waals surface area contributed by atoms with Crippen molar-refractivity contribution in [2.45, 2.75) is 46.1 Å². The van der Waals surface area contributed by atoms with E-state index in [4.69, 9.17) is 9.97 Å². The van der Waals surface area contributed by atoms with Gasteiger partial charge < -0.3 is 10.2 Å². The highest BCUT2D eigenvalue weighted by Gasteiger charge is 2.14. The number of unbranched alkanes of at least 4 members (excludes halogenated alkanes) is 1. The first kappa shape index (κ1) is 17.3. The molecule has 0 spiro atoms. The lowest BCUT2D eigenvalue weighted by Gasteiger charge is -2.24. The lowest BCUT2D eigenvalue weighted by Crippen LogP contribution is -2.28. The van der Waals surface area contributed by atoms with E-state index in [1.165, 1.54) is 0 Å². The molecule has 4 nitrogen and oxygen atoms in total. The predicted molar refractivity (Wildman–Crippen MR) is 99.0 cm³/mol. The molecule has 0 saturated carbocycles. The van der Waals surface area contributed by atoms with Crippen LogP contribution in [0, 0.1) is 0 Å². The van der Waals surface area contributed by atoms with Crippen LogP contribution in [-0.2, 0) is 0 Å². The van der Waals surface area contributed by atoms with Crippen molar-refractivity contribution in [3.05, 3.63) is 36.4 Å². The minimum absolute atomic E-state index is 0.0401. The monoisotopic (exact) mass is 312 g/mol. The van der Waals surface area contributed by atoms with Crippen LogP contribution < -0.4 is 10.2 Å². The Labute approximate surface area is 140 Å². The molecule has 0 aliphatic heterocycles.